The average Bonchev–Trinajstić information content (AvgIpc) is 3.35. The molecule has 7 nitrogen and oxygen atoms in total. The average molecular weight is 495 g/mol. The molecule has 4 aromatic rings. The number of H-pyrrole nitrogens is 1. The van der Waals surface area contributed by atoms with Gasteiger partial charge in [-0.05, 0) is 78.0 Å². The molecule has 0 bridgehead atoms. The van der Waals surface area contributed by atoms with Crippen LogP contribution in [-0.4, -0.2) is 25.5 Å². The van der Waals surface area contributed by atoms with E-state index < -0.39 is 5.76 Å². The second kappa shape index (κ2) is 9.81. The van der Waals surface area contributed by atoms with Gasteiger partial charge in [0.2, 0.25) is 0 Å². The molecule has 2 aliphatic rings. The normalized spacial score (nSPS) is 16.1. The first-order valence-corrected chi connectivity index (χ1v) is 13.2. The minimum Gasteiger partial charge on any atom is -0.321 e. The van der Waals surface area contributed by atoms with Crippen LogP contribution in [0.2, 0.25) is 0 Å². The summed E-state index contributed by atoms with van der Waals surface area (Å²) in [7, 11) is 0. The molecule has 2 aliphatic carbocycles. The maximum absolute atomic E-state index is 13.0. The van der Waals surface area contributed by atoms with E-state index in [0.29, 0.717) is 18.8 Å². The molecule has 2 aromatic heterocycles. The summed E-state index contributed by atoms with van der Waals surface area (Å²) in [6, 6.07) is 14.9. The van der Waals surface area contributed by atoms with Gasteiger partial charge in [-0.2, -0.15) is 0 Å². The highest BCUT2D eigenvalue weighted by atomic mass is 16.5. The summed E-state index contributed by atoms with van der Waals surface area (Å²) in [6.07, 6.45) is 9.00. The molecule has 0 fully saturated rings. The molecule has 0 amide bonds. The number of nitrogens with zero attached hydrogens (tertiary/aromatic N) is 3. The molecule has 1 N–H and O–H groups in total. The van der Waals surface area contributed by atoms with Crippen LogP contribution in [0.5, 0.6) is 0 Å². The van der Waals surface area contributed by atoms with Crippen LogP contribution < -0.4 is 5.76 Å². The smallest absolute Gasteiger partial charge is 0.321 e. The maximum atomic E-state index is 13.0. The molecule has 188 valence electrons. The van der Waals surface area contributed by atoms with E-state index in [1.165, 1.54) is 11.1 Å². The van der Waals surface area contributed by atoms with Crippen molar-refractivity contribution < 1.29 is 9.32 Å². The van der Waals surface area contributed by atoms with Crippen LogP contribution in [0, 0.1) is 0 Å². The van der Waals surface area contributed by atoms with E-state index in [1.54, 1.807) is 0 Å². The number of Topliss-reactive ketones (excluding diaryl/α,β-unsaturated/α-hetero) is 1. The van der Waals surface area contributed by atoms with Crippen LogP contribution in [0.4, 0.5) is 0 Å². The monoisotopic (exact) mass is 494 g/mol. The number of fused-ring (bicyclic) bond motifs is 3. The van der Waals surface area contributed by atoms with Crippen LogP contribution in [0.1, 0.15) is 88.3 Å². The number of carbonyl (C=O) groups is 1. The Labute approximate surface area is 215 Å². The number of hydrogen-bond donors (Lipinski definition) is 1. The summed E-state index contributed by atoms with van der Waals surface area (Å²) in [5.74, 6) is 1.07. The number of ketones is 1. The first kappa shape index (κ1) is 23.4. The van der Waals surface area contributed by atoms with Gasteiger partial charge in [-0.15, -0.1) is 0 Å². The van der Waals surface area contributed by atoms with Crippen molar-refractivity contribution in [1.29, 1.82) is 0 Å². The topological polar surface area (TPSA) is 93.8 Å². The number of rotatable bonds is 5. The fraction of sp³-hybridized carbons (Fsp3) is 0.333. The number of aromatic amines is 1. The Morgan fingerprint density at radius 1 is 1.00 bits per heavy atom. The van der Waals surface area contributed by atoms with Gasteiger partial charge in [-0.3, -0.25) is 14.3 Å². The Bertz CT molecular complexity index is 1570. The van der Waals surface area contributed by atoms with Crippen molar-refractivity contribution in [2.45, 2.75) is 64.8 Å². The SMILES string of the molecule is CCCc1nc2c(n1Cc1ccc3c(c1)CCc1ccccc1/C3=C/c1noc(=O)[nH]1)C(=O)CCCC2. The lowest BCUT2D eigenvalue weighted by Crippen LogP contribution is -2.13. The molecular formula is C30H30N4O3. The zero-order valence-corrected chi connectivity index (χ0v) is 21.0. The van der Waals surface area contributed by atoms with Gasteiger partial charge in [0.1, 0.15) is 11.5 Å². The molecule has 6 rings (SSSR count). The summed E-state index contributed by atoms with van der Waals surface area (Å²) in [5.41, 5.74) is 8.71. The largest absolute Gasteiger partial charge is 0.439 e. The van der Waals surface area contributed by atoms with Crippen molar-refractivity contribution in [2.24, 2.45) is 0 Å². The third-order valence-corrected chi connectivity index (χ3v) is 7.43. The molecule has 0 saturated heterocycles. The van der Waals surface area contributed by atoms with E-state index >= 15 is 0 Å². The molecule has 0 radical (unpaired) electrons. The molecule has 0 atom stereocenters. The number of aryl methyl sites for hydroxylation is 4. The number of nitrogens with one attached hydrogen (secondary N) is 1. The fourth-order valence-corrected chi connectivity index (χ4v) is 5.73. The van der Waals surface area contributed by atoms with Gasteiger partial charge in [0, 0.05) is 19.4 Å². The molecular weight excluding hydrogens is 464 g/mol. The highest BCUT2D eigenvalue weighted by Crippen LogP contribution is 2.35. The maximum Gasteiger partial charge on any atom is 0.439 e. The fourth-order valence-electron chi connectivity index (χ4n) is 5.73. The number of carbonyl (C=O) groups excluding carboxylic acids is 1. The minimum absolute atomic E-state index is 0.222. The van der Waals surface area contributed by atoms with E-state index in [2.05, 4.69) is 58.0 Å². The van der Waals surface area contributed by atoms with Crippen molar-refractivity contribution >= 4 is 17.4 Å². The summed E-state index contributed by atoms with van der Waals surface area (Å²) in [5, 5.41) is 3.87. The lowest BCUT2D eigenvalue weighted by Gasteiger charge is -2.15. The van der Waals surface area contributed by atoms with Crippen LogP contribution in [0.25, 0.3) is 11.6 Å². The molecule has 0 aliphatic heterocycles. The van der Waals surface area contributed by atoms with Gasteiger partial charge in [-0.25, -0.2) is 9.78 Å². The third-order valence-electron chi connectivity index (χ3n) is 7.43. The third kappa shape index (κ3) is 4.50. The van der Waals surface area contributed by atoms with Gasteiger partial charge >= 0.3 is 5.76 Å². The lowest BCUT2D eigenvalue weighted by atomic mass is 9.92. The Morgan fingerprint density at radius 3 is 2.65 bits per heavy atom. The number of imidazole rings is 1. The summed E-state index contributed by atoms with van der Waals surface area (Å²) in [6.45, 7) is 2.79. The van der Waals surface area contributed by atoms with Gasteiger partial charge in [-0.1, -0.05) is 54.5 Å². The Morgan fingerprint density at radius 2 is 1.81 bits per heavy atom. The Kier molecular flexibility index (Phi) is 6.20. The first-order valence-electron chi connectivity index (χ1n) is 13.2. The van der Waals surface area contributed by atoms with Crippen molar-refractivity contribution in [1.82, 2.24) is 19.7 Å². The number of hydrogen-bond acceptors (Lipinski definition) is 5. The van der Waals surface area contributed by atoms with Crippen LogP contribution >= 0.6 is 0 Å². The van der Waals surface area contributed by atoms with E-state index in [0.717, 1.165) is 84.4 Å². The second-order valence-corrected chi connectivity index (χ2v) is 9.98. The van der Waals surface area contributed by atoms with Crippen molar-refractivity contribution in [2.75, 3.05) is 0 Å². The molecule has 2 heterocycles. The van der Waals surface area contributed by atoms with Gasteiger partial charge < -0.3 is 4.57 Å². The van der Waals surface area contributed by atoms with E-state index in [1.807, 2.05) is 12.1 Å². The van der Waals surface area contributed by atoms with Crippen molar-refractivity contribution in [3.8, 4) is 0 Å². The highest BCUT2D eigenvalue weighted by molar-refractivity contribution is 5.96. The zero-order chi connectivity index (χ0) is 25.4. The number of aromatic nitrogens is 4. The van der Waals surface area contributed by atoms with E-state index in [4.69, 9.17) is 9.51 Å². The molecule has 0 spiro atoms. The lowest BCUT2D eigenvalue weighted by molar-refractivity contribution is 0.0973. The van der Waals surface area contributed by atoms with Gasteiger partial charge in [0.25, 0.3) is 0 Å². The van der Waals surface area contributed by atoms with Gasteiger partial charge in [0.05, 0.1) is 5.69 Å². The van der Waals surface area contributed by atoms with Gasteiger partial charge in [0.15, 0.2) is 11.6 Å². The molecule has 7 heteroatoms. The predicted octanol–water partition coefficient (Wildman–Crippen LogP) is 5.16. The minimum atomic E-state index is -0.568. The zero-order valence-electron chi connectivity index (χ0n) is 21.0. The van der Waals surface area contributed by atoms with Crippen molar-refractivity contribution in [3.63, 3.8) is 0 Å². The highest BCUT2D eigenvalue weighted by Gasteiger charge is 2.25. The molecule has 37 heavy (non-hydrogen) atoms. The first-order chi connectivity index (χ1) is 18.1. The van der Waals surface area contributed by atoms with E-state index in [9.17, 15) is 9.59 Å². The Hall–Kier alpha value is -4.00. The van der Waals surface area contributed by atoms with Crippen LogP contribution in [0.15, 0.2) is 51.8 Å². The quantitative estimate of drug-likeness (QED) is 0.387. The van der Waals surface area contributed by atoms with E-state index in [-0.39, 0.29) is 5.78 Å². The molecule has 0 unspecified atom stereocenters. The predicted molar refractivity (Wildman–Crippen MR) is 142 cm³/mol. The second-order valence-electron chi connectivity index (χ2n) is 9.98. The summed E-state index contributed by atoms with van der Waals surface area (Å²) >= 11 is 0. The standard InChI is InChI=1S/C30H30N4O3/c1-2-7-28-31-25-10-5-6-11-26(35)29(25)34(28)18-19-12-15-23-21(16-19)14-13-20-8-3-4-9-22(20)24(23)17-27-32-30(36)37-33-27/h3-4,8-9,12,15-17H,2,5-7,10-11,13-14,18H2,1H3,(H,32,33,36)/b24-17-. The molecule has 2 aromatic carbocycles. The summed E-state index contributed by atoms with van der Waals surface area (Å²) < 4.78 is 6.92. The van der Waals surface area contributed by atoms with Crippen molar-refractivity contribution in [3.05, 3.63) is 104 Å². The summed E-state index contributed by atoms with van der Waals surface area (Å²) in [4.78, 5) is 32.2. The van der Waals surface area contributed by atoms with Crippen LogP contribution in [-0.2, 0) is 32.2 Å². The Balaban J connectivity index is 1.43. The van der Waals surface area contributed by atoms with Crippen LogP contribution in [0.3, 0.4) is 0 Å². The number of benzene rings is 2. The molecule has 0 saturated carbocycles.